The third-order valence-electron chi connectivity index (χ3n) is 4.24. The van der Waals surface area contributed by atoms with Gasteiger partial charge < -0.3 is 15.0 Å². The molecule has 0 amide bonds. The van der Waals surface area contributed by atoms with Crippen LogP contribution in [0.4, 0.5) is 5.69 Å². The second-order valence-corrected chi connectivity index (χ2v) is 5.89. The van der Waals surface area contributed by atoms with Gasteiger partial charge in [0.1, 0.15) is 0 Å². The Morgan fingerprint density at radius 1 is 1.29 bits per heavy atom. The molecule has 1 aromatic carbocycles. The highest BCUT2D eigenvalue weighted by Gasteiger charge is 2.21. The molecule has 1 unspecified atom stereocenters. The Morgan fingerprint density at radius 2 is 2.14 bits per heavy atom. The van der Waals surface area contributed by atoms with Crippen molar-refractivity contribution in [3.63, 3.8) is 0 Å². The van der Waals surface area contributed by atoms with E-state index in [1.54, 1.807) is 7.11 Å². The van der Waals surface area contributed by atoms with Crippen LogP contribution in [0.5, 0.6) is 0 Å². The average molecular weight is 290 g/mol. The van der Waals surface area contributed by atoms with Crippen LogP contribution >= 0.6 is 0 Å². The zero-order valence-electron chi connectivity index (χ0n) is 13.6. The van der Waals surface area contributed by atoms with Crippen LogP contribution in [-0.2, 0) is 4.74 Å². The van der Waals surface area contributed by atoms with Crippen LogP contribution in [0.1, 0.15) is 50.6 Å². The van der Waals surface area contributed by atoms with Crippen molar-refractivity contribution in [2.45, 2.75) is 45.1 Å². The van der Waals surface area contributed by atoms with Crippen molar-refractivity contribution in [3.8, 4) is 0 Å². The number of nitrogens with zero attached hydrogens (tertiary/aromatic N) is 1. The molecule has 0 bridgehead atoms. The first-order chi connectivity index (χ1) is 10.4. The molecule has 1 aromatic rings. The number of unbranched alkanes of at least 4 members (excludes halogenated alkanes) is 1. The highest BCUT2D eigenvalue weighted by molar-refractivity contribution is 5.55. The van der Waals surface area contributed by atoms with Gasteiger partial charge in [-0.15, -0.1) is 0 Å². The summed E-state index contributed by atoms with van der Waals surface area (Å²) < 4.78 is 5.16. The summed E-state index contributed by atoms with van der Waals surface area (Å²) in [5, 5.41) is 3.72. The number of anilines is 1. The van der Waals surface area contributed by atoms with E-state index in [0.29, 0.717) is 6.04 Å². The summed E-state index contributed by atoms with van der Waals surface area (Å²) in [6.45, 7) is 6.52. The maximum atomic E-state index is 5.16. The zero-order chi connectivity index (χ0) is 14.9. The number of rotatable bonds is 8. The summed E-state index contributed by atoms with van der Waals surface area (Å²) in [5.74, 6) is 0. The van der Waals surface area contributed by atoms with Crippen LogP contribution in [-0.4, -0.2) is 33.4 Å². The first-order valence-corrected chi connectivity index (χ1v) is 8.43. The van der Waals surface area contributed by atoms with Crippen molar-refractivity contribution in [1.29, 1.82) is 0 Å². The minimum absolute atomic E-state index is 0.519. The number of hydrogen-bond donors (Lipinski definition) is 1. The molecule has 0 spiro atoms. The first-order valence-electron chi connectivity index (χ1n) is 8.43. The molecule has 0 saturated carbocycles. The van der Waals surface area contributed by atoms with Crippen molar-refractivity contribution < 1.29 is 4.74 Å². The third-order valence-corrected chi connectivity index (χ3v) is 4.24. The number of methoxy groups -OCH3 is 1. The van der Waals surface area contributed by atoms with Crippen molar-refractivity contribution in [3.05, 3.63) is 29.8 Å². The van der Waals surface area contributed by atoms with Crippen LogP contribution in [0.3, 0.4) is 0 Å². The third kappa shape index (κ3) is 4.72. The van der Waals surface area contributed by atoms with Crippen LogP contribution < -0.4 is 10.2 Å². The monoisotopic (exact) mass is 290 g/mol. The van der Waals surface area contributed by atoms with Crippen molar-refractivity contribution >= 4 is 5.69 Å². The molecule has 0 saturated heterocycles. The lowest BCUT2D eigenvalue weighted by Crippen LogP contribution is -2.26. The molecule has 2 rings (SSSR count). The molecule has 1 N–H and O–H groups in total. The number of fused-ring (bicyclic) bond motifs is 1. The number of benzene rings is 1. The molecule has 3 heteroatoms. The molecule has 1 heterocycles. The normalized spacial score (nSPS) is 18.4. The highest BCUT2D eigenvalue weighted by Crippen LogP contribution is 2.32. The van der Waals surface area contributed by atoms with Gasteiger partial charge in [0.2, 0.25) is 0 Å². The Hall–Kier alpha value is -1.06. The summed E-state index contributed by atoms with van der Waals surface area (Å²) in [5.41, 5.74) is 2.91. The van der Waals surface area contributed by atoms with Gasteiger partial charge in [-0.05, 0) is 50.3 Å². The van der Waals surface area contributed by atoms with Gasteiger partial charge in [-0.2, -0.15) is 0 Å². The van der Waals surface area contributed by atoms with E-state index >= 15 is 0 Å². The number of hydrogen-bond acceptors (Lipinski definition) is 3. The minimum Gasteiger partial charge on any atom is -0.385 e. The van der Waals surface area contributed by atoms with Gasteiger partial charge in [0.05, 0.1) is 0 Å². The fourth-order valence-corrected chi connectivity index (χ4v) is 3.14. The summed E-state index contributed by atoms with van der Waals surface area (Å²) in [7, 11) is 1.78. The second-order valence-electron chi connectivity index (χ2n) is 5.89. The van der Waals surface area contributed by atoms with E-state index in [0.717, 1.165) is 26.1 Å². The molecule has 1 aliphatic heterocycles. The van der Waals surface area contributed by atoms with Gasteiger partial charge in [-0.25, -0.2) is 0 Å². The lowest BCUT2D eigenvalue weighted by Gasteiger charge is -2.26. The van der Waals surface area contributed by atoms with E-state index in [9.17, 15) is 0 Å². The van der Waals surface area contributed by atoms with E-state index < -0.39 is 0 Å². The lowest BCUT2D eigenvalue weighted by atomic mass is 10.0. The molecule has 3 nitrogen and oxygen atoms in total. The summed E-state index contributed by atoms with van der Waals surface area (Å²) in [6.07, 6.45) is 6.05. The molecule has 0 radical (unpaired) electrons. The molecule has 0 fully saturated rings. The lowest BCUT2D eigenvalue weighted by molar-refractivity contribution is 0.193. The molecule has 1 atom stereocenters. The number of nitrogens with one attached hydrogen (secondary N) is 1. The largest absolute Gasteiger partial charge is 0.385 e. The Balaban J connectivity index is 2.05. The highest BCUT2D eigenvalue weighted by atomic mass is 16.5. The van der Waals surface area contributed by atoms with Crippen molar-refractivity contribution in [2.75, 3.05) is 38.3 Å². The Morgan fingerprint density at radius 3 is 2.95 bits per heavy atom. The maximum Gasteiger partial charge on any atom is 0.0462 e. The van der Waals surface area contributed by atoms with Gasteiger partial charge in [0.15, 0.2) is 0 Å². The van der Waals surface area contributed by atoms with Gasteiger partial charge in [-0.3, -0.25) is 0 Å². The van der Waals surface area contributed by atoms with Crippen molar-refractivity contribution in [2.24, 2.45) is 0 Å². The minimum atomic E-state index is 0.519. The first kappa shape index (κ1) is 16.3. The van der Waals surface area contributed by atoms with E-state index in [1.165, 1.54) is 43.5 Å². The quantitative estimate of drug-likeness (QED) is 0.738. The maximum absolute atomic E-state index is 5.16. The Bertz CT molecular complexity index is 408. The van der Waals surface area contributed by atoms with E-state index in [1.807, 2.05) is 0 Å². The zero-order valence-corrected chi connectivity index (χ0v) is 13.6. The van der Waals surface area contributed by atoms with Gasteiger partial charge >= 0.3 is 0 Å². The fourth-order valence-electron chi connectivity index (χ4n) is 3.14. The molecule has 0 aliphatic carbocycles. The predicted octanol–water partition coefficient (Wildman–Crippen LogP) is 3.75. The number of ether oxygens (including phenoxy) is 1. The van der Waals surface area contributed by atoms with Crippen LogP contribution in [0.2, 0.25) is 0 Å². The Kier molecular flexibility index (Phi) is 7.04. The predicted molar refractivity (Wildman–Crippen MR) is 90.0 cm³/mol. The van der Waals surface area contributed by atoms with Gasteiger partial charge in [-0.1, -0.05) is 25.1 Å². The van der Waals surface area contributed by atoms with E-state index in [2.05, 4.69) is 41.4 Å². The SMILES string of the molecule is CCCNC1CCCN(CCCCOC)c2ccccc21. The molecule has 0 aromatic heterocycles. The summed E-state index contributed by atoms with van der Waals surface area (Å²) >= 11 is 0. The van der Waals surface area contributed by atoms with E-state index in [4.69, 9.17) is 4.74 Å². The fraction of sp³-hybridized carbons (Fsp3) is 0.667. The molecule has 118 valence electrons. The molecule has 21 heavy (non-hydrogen) atoms. The standard InChI is InChI=1S/C18H30N2O/c1-3-12-19-17-10-8-14-20(13-6-7-15-21-2)18-11-5-4-9-16(17)18/h4-5,9,11,17,19H,3,6-8,10,12-15H2,1-2H3. The van der Waals surface area contributed by atoms with Crippen LogP contribution in [0.15, 0.2) is 24.3 Å². The average Bonchev–Trinajstić information content (AvgIpc) is 2.69. The van der Waals surface area contributed by atoms with Gasteiger partial charge in [0.25, 0.3) is 0 Å². The molecule has 1 aliphatic rings. The second kappa shape index (κ2) is 9.06. The molecular formula is C18H30N2O. The molecular weight excluding hydrogens is 260 g/mol. The van der Waals surface area contributed by atoms with Gasteiger partial charge in [0, 0.05) is 38.5 Å². The van der Waals surface area contributed by atoms with E-state index in [-0.39, 0.29) is 0 Å². The smallest absolute Gasteiger partial charge is 0.0462 e. The topological polar surface area (TPSA) is 24.5 Å². The van der Waals surface area contributed by atoms with Crippen molar-refractivity contribution in [1.82, 2.24) is 5.32 Å². The Labute approximate surface area is 129 Å². The van der Waals surface area contributed by atoms with Crippen LogP contribution in [0, 0.1) is 0 Å². The van der Waals surface area contributed by atoms with Crippen LogP contribution in [0.25, 0.3) is 0 Å². The summed E-state index contributed by atoms with van der Waals surface area (Å²) in [6, 6.07) is 9.45. The number of para-hydroxylation sites is 1. The summed E-state index contributed by atoms with van der Waals surface area (Å²) in [4.78, 5) is 2.57.